The van der Waals surface area contributed by atoms with Crippen LogP contribution < -0.4 is 0 Å². The topological polar surface area (TPSA) is 57.6 Å². The average molecular weight is 239 g/mol. The Bertz CT molecular complexity index is 319. The molecule has 1 spiro atoms. The first-order chi connectivity index (χ1) is 8.05. The lowest BCUT2D eigenvalue weighted by Crippen LogP contribution is -2.55. The van der Waals surface area contributed by atoms with E-state index in [1.807, 2.05) is 4.90 Å². The van der Waals surface area contributed by atoms with Crippen molar-refractivity contribution in [3.63, 3.8) is 0 Å². The summed E-state index contributed by atoms with van der Waals surface area (Å²) in [7, 11) is 0. The number of carboxylic acids is 1. The number of carbonyl (C=O) groups excluding carboxylic acids is 1. The SMILES string of the molecule is CC(=O)N1CCCCC12CCC(C(=O)O)CC2. The molecule has 96 valence electrons. The molecule has 1 saturated heterocycles. The van der Waals surface area contributed by atoms with Gasteiger partial charge in [-0.15, -0.1) is 0 Å². The molecule has 0 unspecified atom stereocenters. The molecule has 2 aliphatic rings. The van der Waals surface area contributed by atoms with E-state index in [2.05, 4.69) is 0 Å². The van der Waals surface area contributed by atoms with Crippen molar-refractivity contribution < 1.29 is 14.7 Å². The molecule has 4 nitrogen and oxygen atoms in total. The van der Waals surface area contributed by atoms with Crippen LogP contribution in [0.15, 0.2) is 0 Å². The number of likely N-dealkylation sites (tertiary alicyclic amines) is 1. The summed E-state index contributed by atoms with van der Waals surface area (Å²) in [5.41, 5.74) is -0.0178. The number of nitrogens with zero attached hydrogens (tertiary/aromatic N) is 1. The summed E-state index contributed by atoms with van der Waals surface area (Å²) in [5.74, 6) is -0.722. The number of hydrogen-bond donors (Lipinski definition) is 1. The van der Waals surface area contributed by atoms with Gasteiger partial charge < -0.3 is 10.0 Å². The van der Waals surface area contributed by atoms with Gasteiger partial charge in [0.1, 0.15) is 0 Å². The van der Waals surface area contributed by atoms with Gasteiger partial charge in [0.2, 0.25) is 5.91 Å². The number of amides is 1. The number of aliphatic carboxylic acids is 1. The van der Waals surface area contributed by atoms with Crippen LogP contribution in [0.2, 0.25) is 0 Å². The highest BCUT2D eigenvalue weighted by Gasteiger charge is 2.43. The summed E-state index contributed by atoms with van der Waals surface area (Å²) in [6.45, 7) is 2.49. The minimum absolute atomic E-state index is 0.0178. The van der Waals surface area contributed by atoms with E-state index in [1.165, 1.54) is 6.42 Å². The maximum absolute atomic E-state index is 11.7. The normalized spacial score (nSPS) is 33.7. The summed E-state index contributed by atoms with van der Waals surface area (Å²) >= 11 is 0. The Morgan fingerprint density at radius 1 is 1.18 bits per heavy atom. The van der Waals surface area contributed by atoms with Crippen LogP contribution in [-0.2, 0) is 9.59 Å². The van der Waals surface area contributed by atoms with Crippen molar-refractivity contribution in [2.75, 3.05) is 6.54 Å². The van der Waals surface area contributed by atoms with Crippen molar-refractivity contribution >= 4 is 11.9 Å². The number of carboxylic acid groups (broad SMARTS) is 1. The zero-order valence-electron chi connectivity index (χ0n) is 10.4. The van der Waals surface area contributed by atoms with Gasteiger partial charge in [0.25, 0.3) is 0 Å². The van der Waals surface area contributed by atoms with E-state index in [-0.39, 0.29) is 17.4 Å². The molecule has 17 heavy (non-hydrogen) atoms. The van der Waals surface area contributed by atoms with E-state index in [4.69, 9.17) is 5.11 Å². The molecule has 0 aromatic carbocycles. The zero-order chi connectivity index (χ0) is 12.5. The van der Waals surface area contributed by atoms with E-state index >= 15 is 0 Å². The van der Waals surface area contributed by atoms with Gasteiger partial charge in [0.15, 0.2) is 0 Å². The molecule has 2 rings (SSSR count). The maximum atomic E-state index is 11.7. The fourth-order valence-electron chi connectivity index (χ4n) is 3.51. The molecule has 1 heterocycles. The highest BCUT2D eigenvalue weighted by Crippen LogP contribution is 2.42. The monoisotopic (exact) mass is 239 g/mol. The summed E-state index contributed by atoms with van der Waals surface area (Å²) in [5, 5.41) is 9.02. The van der Waals surface area contributed by atoms with E-state index < -0.39 is 5.97 Å². The Labute approximate surface area is 102 Å². The molecule has 1 aliphatic heterocycles. The third kappa shape index (κ3) is 2.31. The van der Waals surface area contributed by atoms with Crippen molar-refractivity contribution in [2.24, 2.45) is 5.92 Å². The van der Waals surface area contributed by atoms with Crippen molar-refractivity contribution in [1.29, 1.82) is 0 Å². The van der Waals surface area contributed by atoms with Gasteiger partial charge >= 0.3 is 5.97 Å². The quantitative estimate of drug-likeness (QED) is 0.761. The van der Waals surface area contributed by atoms with Crippen LogP contribution in [0.4, 0.5) is 0 Å². The van der Waals surface area contributed by atoms with Crippen LogP contribution in [0.3, 0.4) is 0 Å². The lowest BCUT2D eigenvalue weighted by atomic mass is 9.71. The fraction of sp³-hybridized carbons (Fsp3) is 0.846. The maximum Gasteiger partial charge on any atom is 0.306 e. The first kappa shape index (κ1) is 12.4. The predicted octanol–water partition coefficient (Wildman–Crippen LogP) is 2.03. The second-order valence-electron chi connectivity index (χ2n) is 5.46. The molecule has 2 fully saturated rings. The van der Waals surface area contributed by atoms with Gasteiger partial charge in [-0.1, -0.05) is 0 Å². The van der Waals surface area contributed by atoms with Crippen LogP contribution in [0.5, 0.6) is 0 Å². The molecular weight excluding hydrogens is 218 g/mol. The Morgan fingerprint density at radius 3 is 2.35 bits per heavy atom. The molecule has 4 heteroatoms. The fourth-order valence-corrected chi connectivity index (χ4v) is 3.51. The molecule has 1 amide bonds. The van der Waals surface area contributed by atoms with Crippen molar-refractivity contribution in [3.8, 4) is 0 Å². The Morgan fingerprint density at radius 2 is 1.82 bits per heavy atom. The van der Waals surface area contributed by atoms with Crippen LogP contribution >= 0.6 is 0 Å². The molecule has 1 saturated carbocycles. The first-order valence-corrected chi connectivity index (χ1v) is 6.56. The zero-order valence-corrected chi connectivity index (χ0v) is 10.4. The summed E-state index contributed by atoms with van der Waals surface area (Å²) in [6, 6.07) is 0. The standard InChI is InChI=1S/C13H21NO3/c1-10(15)14-9-3-2-6-13(14)7-4-11(5-8-13)12(16)17/h11H,2-9H2,1H3,(H,16,17). The molecule has 0 radical (unpaired) electrons. The van der Waals surface area contributed by atoms with Crippen molar-refractivity contribution in [1.82, 2.24) is 4.90 Å². The van der Waals surface area contributed by atoms with Gasteiger partial charge in [0.05, 0.1) is 5.92 Å². The number of rotatable bonds is 1. The van der Waals surface area contributed by atoms with Crippen LogP contribution in [0.1, 0.15) is 51.9 Å². The summed E-state index contributed by atoms with van der Waals surface area (Å²) in [4.78, 5) is 24.7. The Kier molecular flexibility index (Phi) is 3.40. The van der Waals surface area contributed by atoms with Gasteiger partial charge in [-0.05, 0) is 44.9 Å². The van der Waals surface area contributed by atoms with Crippen LogP contribution in [-0.4, -0.2) is 34.0 Å². The second-order valence-corrected chi connectivity index (χ2v) is 5.46. The second kappa shape index (κ2) is 4.67. The molecule has 1 aliphatic carbocycles. The minimum atomic E-state index is -0.676. The number of piperidine rings is 1. The molecular formula is C13H21NO3. The van der Waals surface area contributed by atoms with E-state index in [9.17, 15) is 9.59 Å². The molecule has 0 aromatic rings. The van der Waals surface area contributed by atoms with Crippen LogP contribution in [0.25, 0.3) is 0 Å². The molecule has 1 N–H and O–H groups in total. The van der Waals surface area contributed by atoms with Gasteiger partial charge in [-0.25, -0.2) is 0 Å². The smallest absolute Gasteiger partial charge is 0.306 e. The van der Waals surface area contributed by atoms with Gasteiger partial charge in [-0.2, -0.15) is 0 Å². The highest BCUT2D eigenvalue weighted by atomic mass is 16.4. The third-order valence-corrected chi connectivity index (χ3v) is 4.49. The Hall–Kier alpha value is -1.06. The van der Waals surface area contributed by atoms with E-state index in [0.29, 0.717) is 0 Å². The van der Waals surface area contributed by atoms with E-state index in [1.54, 1.807) is 6.92 Å². The summed E-state index contributed by atoms with van der Waals surface area (Å²) in [6.07, 6.45) is 6.48. The van der Waals surface area contributed by atoms with Crippen molar-refractivity contribution in [3.05, 3.63) is 0 Å². The first-order valence-electron chi connectivity index (χ1n) is 6.56. The minimum Gasteiger partial charge on any atom is -0.481 e. The third-order valence-electron chi connectivity index (χ3n) is 4.49. The predicted molar refractivity (Wildman–Crippen MR) is 63.6 cm³/mol. The number of carbonyl (C=O) groups is 2. The van der Waals surface area contributed by atoms with Crippen molar-refractivity contribution in [2.45, 2.75) is 57.4 Å². The summed E-state index contributed by atoms with van der Waals surface area (Å²) < 4.78 is 0. The molecule has 0 aromatic heterocycles. The lowest BCUT2D eigenvalue weighted by Gasteiger charge is -2.50. The van der Waals surface area contributed by atoms with E-state index in [0.717, 1.165) is 45.1 Å². The van der Waals surface area contributed by atoms with Gasteiger partial charge in [-0.3, -0.25) is 9.59 Å². The highest BCUT2D eigenvalue weighted by molar-refractivity contribution is 5.74. The van der Waals surface area contributed by atoms with Gasteiger partial charge in [0, 0.05) is 19.0 Å². The molecule has 0 bridgehead atoms. The molecule has 0 atom stereocenters. The van der Waals surface area contributed by atoms with Crippen LogP contribution in [0, 0.1) is 5.92 Å². The average Bonchev–Trinajstić information content (AvgIpc) is 2.29. The largest absolute Gasteiger partial charge is 0.481 e. The number of hydrogen-bond acceptors (Lipinski definition) is 2. The lowest BCUT2D eigenvalue weighted by molar-refractivity contribution is -0.146. The Balaban J connectivity index is 2.08.